The van der Waals surface area contributed by atoms with E-state index in [0.29, 0.717) is 4.38 Å². The van der Waals surface area contributed by atoms with Gasteiger partial charge in [0.15, 0.2) is 0 Å². The molecule has 0 fully saturated rings. The molecule has 94 valence electrons. The molecule has 2 nitrogen and oxygen atoms in total. The number of aromatic nitrogens is 1. The smallest absolute Gasteiger partial charge is 0.220 e. The number of ether oxygens (including phenoxy) is 1. The topological polar surface area (TPSA) is 22.1 Å². The van der Waals surface area contributed by atoms with Gasteiger partial charge < -0.3 is 4.74 Å². The highest BCUT2D eigenvalue weighted by Gasteiger charge is 2.30. The van der Waals surface area contributed by atoms with Gasteiger partial charge in [0, 0.05) is 11.4 Å². The average molecular weight is 334 g/mol. The lowest BCUT2D eigenvalue weighted by Gasteiger charge is -2.30. The van der Waals surface area contributed by atoms with E-state index < -0.39 is 0 Å². The Bertz CT molecular complexity index is 404. The second kappa shape index (κ2) is 6.16. The third-order valence-electron chi connectivity index (χ3n) is 2.24. The van der Waals surface area contributed by atoms with Gasteiger partial charge in [0.25, 0.3) is 0 Å². The first-order valence-corrected chi connectivity index (χ1v) is 7.29. The molecule has 0 saturated carbocycles. The largest absolute Gasteiger partial charge is 0.482 e. The maximum Gasteiger partial charge on any atom is 0.220 e. The molecule has 1 rings (SSSR count). The number of thiocarbonyl (C=S) groups is 1. The molecule has 1 heterocycles. The molecule has 0 spiro atoms. The summed E-state index contributed by atoms with van der Waals surface area (Å²) < 4.78 is 6.52. The molecule has 1 aromatic heterocycles. The van der Waals surface area contributed by atoms with Crippen molar-refractivity contribution < 1.29 is 4.74 Å². The number of nitrogens with zero attached hydrogens (tertiary/aromatic N) is 1. The van der Waals surface area contributed by atoms with E-state index >= 15 is 0 Å². The minimum absolute atomic E-state index is 0.0683. The Balaban J connectivity index is 3.07. The molecule has 1 aromatic rings. The molecule has 0 saturated heterocycles. The first-order valence-electron chi connectivity index (χ1n) is 5.21. The second-order valence-corrected chi connectivity index (χ2v) is 7.16. The summed E-state index contributed by atoms with van der Waals surface area (Å²) in [6.45, 7) is 6.55. The van der Waals surface area contributed by atoms with Gasteiger partial charge in [0.2, 0.25) is 4.38 Å². The van der Waals surface area contributed by atoms with E-state index in [0.717, 1.165) is 10.2 Å². The van der Waals surface area contributed by atoms with Crippen LogP contribution in [-0.2, 0) is 4.74 Å². The van der Waals surface area contributed by atoms with Crippen LogP contribution in [0.5, 0.6) is 0 Å². The van der Waals surface area contributed by atoms with E-state index in [1.165, 1.54) is 0 Å². The quantitative estimate of drug-likeness (QED) is 0.582. The number of pyridine rings is 1. The highest BCUT2D eigenvalue weighted by Crippen LogP contribution is 2.46. The van der Waals surface area contributed by atoms with Gasteiger partial charge in [-0.25, -0.2) is 4.98 Å². The van der Waals surface area contributed by atoms with Crippen LogP contribution in [0.2, 0.25) is 0 Å². The summed E-state index contributed by atoms with van der Waals surface area (Å²) in [6.07, 6.45) is 1.77. The Morgan fingerprint density at radius 1 is 1.53 bits per heavy atom. The zero-order valence-electron chi connectivity index (χ0n) is 10.4. The molecule has 0 aliphatic carbocycles. The number of rotatable bonds is 2. The van der Waals surface area contributed by atoms with Crippen molar-refractivity contribution in [1.29, 1.82) is 0 Å². The van der Waals surface area contributed by atoms with Crippen molar-refractivity contribution in [1.82, 2.24) is 4.98 Å². The monoisotopic (exact) mass is 333 g/mol. The Morgan fingerprint density at radius 2 is 2.18 bits per heavy atom. The molecule has 0 bridgehead atoms. The van der Waals surface area contributed by atoms with E-state index in [1.54, 1.807) is 25.1 Å². The lowest BCUT2D eigenvalue weighted by molar-refractivity contribution is 0.396. The molecular formula is C12H16BrNOS2. The molecule has 1 atom stereocenters. The standard InChI is InChI=1S/C12H16BrNOS2/c1-12(2,3)9(17-11(16)15-4)8-6-5-7-14-10(8)13/h5-7,9H,1-4H3. The average Bonchev–Trinajstić information content (AvgIpc) is 2.25. The number of methoxy groups -OCH3 is 1. The second-order valence-electron chi connectivity index (χ2n) is 4.70. The molecule has 0 aromatic carbocycles. The van der Waals surface area contributed by atoms with Gasteiger partial charge in [-0.3, -0.25) is 0 Å². The van der Waals surface area contributed by atoms with Crippen LogP contribution >= 0.6 is 39.9 Å². The predicted octanol–water partition coefficient (Wildman–Crippen LogP) is 4.60. The molecule has 1 unspecified atom stereocenters. The summed E-state index contributed by atoms with van der Waals surface area (Å²) in [5, 5.41) is 0.207. The summed E-state index contributed by atoms with van der Waals surface area (Å²) in [7, 11) is 1.60. The number of hydrogen-bond acceptors (Lipinski definition) is 4. The zero-order chi connectivity index (χ0) is 13.1. The molecule has 17 heavy (non-hydrogen) atoms. The molecule has 0 N–H and O–H groups in total. The predicted molar refractivity (Wildman–Crippen MR) is 81.3 cm³/mol. The SMILES string of the molecule is COC(=S)SC(c1cccnc1Br)C(C)(C)C. The third kappa shape index (κ3) is 4.23. The van der Waals surface area contributed by atoms with E-state index in [1.807, 2.05) is 6.07 Å². The van der Waals surface area contributed by atoms with Crippen LogP contribution < -0.4 is 0 Å². The minimum Gasteiger partial charge on any atom is -0.482 e. The highest BCUT2D eigenvalue weighted by atomic mass is 79.9. The number of thioether (sulfide) groups is 1. The van der Waals surface area contributed by atoms with Gasteiger partial charge >= 0.3 is 0 Å². The molecule has 0 radical (unpaired) electrons. The number of hydrogen-bond donors (Lipinski definition) is 0. The Hall–Kier alpha value is -0.130. The first-order chi connectivity index (χ1) is 7.86. The maximum atomic E-state index is 5.15. The Labute approximate surface area is 121 Å². The van der Waals surface area contributed by atoms with Crippen molar-refractivity contribution in [3.8, 4) is 0 Å². The fourth-order valence-electron chi connectivity index (χ4n) is 1.45. The van der Waals surface area contributed by atoms with Gasteiger partial charge in [-0.05, 0) is 45.2 Å². The Morgan fingerprint density at radius 3 is 2.65 bits per heavy atom. The first kappa shape index (κ1) is 14.9. The Kier molecular flexibility index (Phi) is 5.41. The molecule has 5 heteroatoms. The molecule has 0 aliphatic rings. The van der Waals surface area contributed by atoms with Crippen LogP contribution in [0.1, 0.15) is 31.6 Å². The lowest BCUT2D eigenvalue weighted by atomic mass is 9.88. The van der Waals surface area contributed by atoms with Crippen molar-refractivity contribution in [3.63, 3.8) is 0 Å². The van der Waals surface area contributed by atoms with Crippen molar-refractivity contribution in [2.75, 3.05) is 7.11 Å². The van der Waals surface area contributed by atoms with Gasteiger partial charge in [-0.2, -0.15) is 0 Å². The van der Waals surface area contributed by atoms with Crippen LogP contribution in [0.15, 0.2) is 22.9 Å². The molecular weight excluding hydrogens is 318 g/mol. The fourth-order valence-corrected chi connectivity index (χ4v) is 3.32. The minimum atomic E-state index is 0.0683. The summed E-state index contributed by atoms with van der Waals surface area (Å²) in [4.78, 5) is 4.27. The van der Waals surface area contributed by atoms with E-state index in [-0.39, 0.29) is 10.7 Å². The van der Waals surface area contributed by atoms with Gasteiger partial charge in [-0.1, -0.05) is 38.6 Å². The van der Waals surface area contributed by atoms with Gasteiger partial charge in [0.1, 0.15) is 4.60 Å². The summed E-state index contributed by atoms with van der Waals surface area (Å²) in [5.41, 5.74) is 1.21. The summed E-state index contributed by atoms with van der Waals surface area (Å²) in [6, 6.07) is 4.01. The lowest BCUT2D eigenvalue weighted by Crippen LogP contribution is -2.18. The third-order valence-corrected chi connectivity index (χ3v) is 4.91. The molecule has 0 aliphatic heterocycles. The van der Waals surface area contributed by atoms with Crippen LogP contribution in [-0.4, -0.2) is 16.5 Å². The van der Waals surface area contributed by atoms with E-state index in [4.69, 9.17) is 17.0 Å². The van der Waals surface area contributed by atoms with Crippen molar-refractivity contribution in [2.45, 2.75) is 26.0 Å². The number of halogens is 1. The van der Waals surface area contributed by atoms with E-state index in [2.05, 4.69) is 47.8 Å². The van der Waals surface area contributed by atoms with Crippen molar-refractivity contribution >= 4 is 44.3 Å². The van der Waals surface area contributed by atoms with Crippen LogP contribution in [0.4, 0.5) is 0 Å². The van der Waals surface area contributed by atoms with Crippen LogP contribution in [0, 0.1) is 5.41 Å². The summed E-state index contributed by atoms with van der Waals surface area (Å²) >= 11 is 10.2. The molecule has 0 amide bonds. The summed E-state index contributed by atoms with van der Waals surface area (Å²) in [5.74, 6) is 0. The van der Waals surface area contributed by atoms with E-state index in [9.17, 15) is 0 Å². The van der Waals surface area contributed by atoms with Crippen LogP contribution in [0.3, 0.4) is 0 Å². The zero-order valence-corrected chi connectivity index (χ0v) is 13.6. The fraction of sp³-hybridized carbons (Fsp3) is 0.500. The van der Waals surface area contributed by atoms with Crippen molar-refractivity contribution in [3.05, 3.63) is 28.5 Å². The maximum absolute atomic E-state index is 5.15. The van der Waals surface area contributed by atoms with Crippen LogP contribution in [0.25, 0.3) is 0 Å². The van der Waals surface area contributed by atoms with Crippen molar-refractivity contribution in [2.24, 2.45) is 5.41 Å². The van der Waals surface area contributed by atoms with Gasteiger partial charge in [-0.15, -0.1) is 0 Å². The normalized spacial score (nSPS) is 13.2. The highest BCUT2D eigenvalue weighted by molar-refractivity contribution is 9.10. The van der Waals surface area contributed by atoms with Gasteiger partial charge in [0.05, 0.1) is 7.11 Å².